The van der Waals surface area contributed by atoms with E-state index in [1.165, 1.54) is 44.0 Å². The summed E-state index contributed by atoms with van der Waals surface area (Å²) in [5.41, 5.74) is 0.217. The molecule has 2 aromatic carbocycles. The zero-order valence-corrected chi connectivity index (χ0v) is 19.1. The minimum atomic E-state index is -4.45. The fraction of sp³-hybridized carbons (Fsp3) is 0.381. The maximum Gasteiger partial charge on any atom is 0.416 e. The van der Waals surface area contributed by atoms with Crippen LogP contribution in [0.5, 0.6) is 17.2 Å². The lowest BCUT2D eigenvalue weighted by atomic mass is 10.1. The summed E-state index contributed by atoms with van der Waals surface area (Å²) in [6.07, 6.45) is -4.36. The number of hydrogen-bond acceptors (Lipinski definition) is 7. The summed E-state index contributed by atoms with van der Waals surface area (Å²) in [4.78, 5) is 11.8. The number of alkyl halides is 3. The van der Waals surface area contributed by atoms with E-state index in [0.29, 0.717) is 0 Å². The van der Waals surface area contributed by atoms with Gasteiger partial charge in [0.1, 0.15) is 33.8 Å². The first kappa shape index (κ1) is 25.6. The van der Waals surface area contributed by atoms with E-state index in [2.05, 4.69) is 0 Å². The van der Waals surface area contributed by atoms with Gasteiger partial charge in [-0.25, -0.2) is 13.9 Å². The fourth-order valence-corrected chi connectivity index (χ4v) is 5.44. The van der Waals surface area contributed by atoms with Crippen molar-refractivity contribution in [3.8, 4) is 17.2 Å². The van der Waals surface area contributed by atoms with Gasteiger partial charge in [0.15, 0.2) is 0 Å². The average molecular weight is 504 g/mol. The molecule has 1 aliphatic rings. The monoisotopic (exact) mass is 504 g/mol. The summed E-state index contributed by atoms with van der Waals surface area (Å²) >= 11 is 0. The van der Waals surface area contributed by atoms with Crippen LogP contribution >= 0.6 is 0 Å². The number of nitrogens with one attached hydrogen (secondary N) is 1. The van der Waals surface area contributed by atoms with Gasteiger partial charge in [-0.15, -0.1) is 0 Å². The molecule has 13 heteroatoms. The number of hydrogen-bond donors (Lipinski definition) is 2. The number of piperidine rings is 1. The van der Waals surface area contributed by atoms with Crippen molar-refractivity contribution < 1.29 is 45.8 Å². The highest BCUT2D eigenvalue weighted by Gasteiger charge is 2.37. The smallest absolute Gasteiger partial charge is 0.416 e. The molecule has 1 amide bonds. The molecule has 0 atom stereocenters. The molecule has 186 valence electrons. The maximum absolute atomic E-state index is 13.5. The third-order valence-electron chi connectivity index (χ3n) is 5.33. The second-order valence-corrected chi connectivity index (χ2v) is 9.23. The molecule has 9 nitrogen and oxygen atoms in total. The zero-order chi connectivity index (χ0) is 25.1. The van der Waals surface area contributed by atoms with Gasteiger partial charge < -0.3 is 14.2 Å². The summed E-state index contributed by atoms with van der Waals surface area (Å²) < 4.78 is 82.2. The highest BCUT2D eigenvalue weighted by Crippen LogP contribution is 2.37. The van der Waals surface area contributed by atoms with E-state index in [0.717, 1.165) is 16.4 Å². The molecule has 1 aliphatic heterocycles. The van der Waals surface area contributed by atoms with E-state index < -0.39 is 44.2 Å². The zero-order valence-electron chi connectivity index (χ0n) is 18.3. The second-order valence-electron chi connectivity index (χ2n) is 7.36. The molecular weight excluding hydrogens is 481 g/mol. The lowest BCUT2D eigenvalue weighted by molar-refractivity contribution is -0.137. The molecule has 2 N–H and O–H groups in total. The summed E-state index contributed by atoms with van der Waals surface area (Å²) in [5, 5.41) is 9.13. The van der Waals surface area contributed by atoms with E-state index in [4.69, 9.17) is 19.4 Å². The van der Waals surface area contributed by atoms with Gasteiger partial charge in [-0.3, -0.25) is 10.0 Å². The van der Waals surface area contributed by atoms with Crippen molar-refractivity contribution in [2.45, 2.75) is 30.0 Å². The van der Waals surface area contributed by atoms with E-state index in [-0.39, 0.29) is 43.2 Å². The molecule has 0 radical (unpaired) electrons. The van der Waals surface area contributed by atoms with Crippen LogP contribution in [-0.2, 0) is 16.2 Å². The average Bonchev–Trinajstić information content (AvgIpc) is 2.82. The van der Waals surface area contributed by atoms with Gasteiger partial charge in [0, 0.05) is 13.1 Å². The van der Waals surface area contributed by atoms with E-state index >= 15 is 0 Å². The number of benzene rings is 2. The third kappa shape index (κ3) is 5.21. The van der Waals surface area contributed by atoms with Gasteiger partial charge in [0.05, 0.1) is 19.8 Å². The number of rotatable bonds is 7. The van der Waals surface area contributed by atoms with Gasteiger partial charge in [-0.1, -0.05) is 0 Å². The molecule has 2 aromatic rings. The van der Waals surface area contributed by atoms with E-state index in [1.807, 2.05) is 0 Å². The van der Waals surface area contributed by atoms with Crippen molar-refractivity contribution in [1.29, 1.82) is 0 Å². The first-order chi connectivity index (χ1) is 16.0. The van der Waals surface area contributed by atoms with Crippen LogP contribution in [0.3, 0.4) is 0 Å². The van der Waals surface area contributed by atoms with Crippen LogP contribution < -0.4 is 19.7 Å². The number of ether oxygens (including phenoxy) is 3. The normalized spacial score (nSPS) is 15.6. The first-order valence-corrected chi connectivity index (χ1v) is 11.5. The molecule has 1 saturated heterocycles. The number of sulfonamides is 1. The van der Waals surface area contributed by atoms with Crippen LogP contribution in [0.1, 0.15) is 28.8 Å². The maximum atomic E-state index is 13.5. The molecule has 0 unspecified atom stereocenters. The van der Waals surface area contributed by atoms with Crippen molar-refractivity contribution >= 4 is 15.9 Å². The van der Waals surface area contributed by atoms with Gasteiger partial charge in [-0.2, -0.15) is 17.5 Å². The Morgan fingerprint density at radius 3 is 2.09 bits per heavy atom. The Morgan fingerprint density at radius 2 is 1.59 bits per heavy atom. The summed E-state index contributed by atoms with van der Waals surface area (Å²) in [6, 6.07) is 6.93. The Kier molecular flexibility index (Phi) is 7.58. The minimum Gasteiger partial charge on any atom is -0.496 e. The largest absolute Gasteiger partial charge is 0.496 e. The van der Waals surface area contributed by atoms with Crippen molar-refractivity contribution in [3.05, 3.63) is 47.5 Å². The highest BCUT2D eigenvalue weighted by atomic mass is 32.2. The lowest BCUT2D eigenvalue weighted by Gasteiger charge is -2.32. The molecular formula is C21H23F3N2O7S. The topological polar surface area (TPSA) is 114 Å². The molecule has 0 spiro atoms. The predicted octanol–water partition coefficient (Wildman–Crippen LogP) is 3.07. The number of halogens is 3. The van der Waals surface area contributed by atoms with Crippen molar-refractivity contribution in [2.24, 2.45) is 0 Å². The fourth-order valence-electron chi connectivity index (χ4n) is 3.64. The Labute approximate surface area is 194 Å². The third-order valence-corrected chi connectivity index (χ3v) is 7.30. The van der Waals surface area contributed by atoms with Crippen LogP contribution in [0, 0.1) is 0 Å². The molecule has 0 bridgehead atoms. The van der Waals surface area contributed by atoms with Crippen molar-refractivity contribution in [3.63, 3.8) is 0 Å². The number of nitrogens with zero attached hydrogens (tertiary/aromatic N) is 1. The van der Waals surface area contributed by atoms with Gasteiger partial charge in [0.2, 0.25) is 10.0 Å². The number of carbonyl (C=O) groups excluding carboxylic acids is 1. The van der Waals surface area contributed by atoms with Crippen molar-refractivity contribution in [1.82, 2.24) is 9.79 Å². The number of carbonyl (C=O) groups is 1. The predicted molar refractivity (Wildman–Crippen MR) is 113 cm³/mol. The number of hydroxylamine groups is 1. The molecule has 0 aromatic heterocycles. The molecule has 3 rings (SSSR count). The Balaban J connectivity index is 1.79. The van der Waals surface area contributed by atoms with Gasteiger partial charge in [-0.05, 0) is 49.2 Å². The SMILES string of the molecule is COc1ccc(OC)c(S(=O)(=O)N2CCC(Oc3ccc(C(F)(F)F)cc3)CC2)c1C(=O)NO. The number of amides is 1. The van der Waals surface area contributed by atoms with Crippen LogP contribution in [0.15, 0.2) is 41.3 Å². The van der Waals surface area contributed by atoms with Gasteiger partial charge >= 0.3 is 6.18 Å². The Bertz CT molecular complexity index is 1130. The lowest BCUT2D eigenvalue weighted by Crippen LogP contribution is -2.42. The first-order valence-electron chi connectivity index (χ1n) is 10.1. The molecule has 0 saturated carbocycles. The van der Waals surface area contributed by atoms with Crippen molar-refractivity contribution in [2.75, 3.05) is 27.3 Å². The van der Waals surface area contributed by atoms with Crippen LogP contribution in [0.25, 0.3) is 0 Å². The van der Waals surface area contributed by atoms with E-state index in [9.17, 15) is 26.4 Å². The summed E-state index contributed by atoms with van der Waals surface area (Å²) in [5.74, 6) is -1.03. The molecule has 1 heterocycles. The Morgan fingerprint density at radius 1 is 1.03 bits per heavy atom. The Hall–Kier alpha value is -3.03. The summed E-state index contributed by atoms with van der Waals surface area (Å²) in [6.45, 7) is 0.0440. The van der Waals surface area contributed by atoms with E-state index in [1.54, 1.807) is 0 Å². The van der Waals surface area contributed by atoms with Crippen LogP contribution in [0.2, 0.25) is 0 Å². The van der Waals surface area contributed by atoms with Crippen LogP contribution in [0.4, 0.5) is 13.2 Å². The number of methoxy groups -OCH3 is 2. The summed E-state index contributed by atoms with van der Waals surface area (Å²) in [7, 11) is -1.78. The highest BCUT2D eigenvalue weighted by molar-refractivity contribution is 7.89. The standard InChI is InChI=1S/C21H23F3N2O7S/c1-31-16-7-8-17(32-2)19(18(16)20(27)25-28)34(29,30)26-11-9-15(10-12-26)33-14-5-3-13(4-6-14)21(22,23)24/h3-8,15,28H,9-12H2,1-2H3,(H,25,27). The van der Waals surface area contributed by atoms with Gasteiger partial charge in [0.25, 0.3) is 5.91 Å². The molecule has 0 aliphatic carbocycles. The van der Waals surface area contributed by atoms with Crippen LogP contribution in [-0.4, -0.2) is 57.3 Å². The molecule has 34 heavy (non-hydrogen) atoms. The quantitative estimate of drug-likeness (QED) is 0.440. The molecule has 1 fully saturated rings. The minimum absolute atomic E-state index is 0.0220. The second kappa shape index (κ2) is 10.1.